The second-order valence-corrected chi connectivity index (χ2v) is 34.9. The zero-order chi connectivity index (χ0) is 103. The number of anilines is 6. The lowest BCUT2D eigenvalue weighted by Crippen LogP contribution is -2.24. The first kappa shape index (κ1) is 105. The molecule has 32 nitrogen and oxygen atoms in total. The molecule has 0 aliphatic carbocycles. The van der Waals surface area contributed by atoms with Crippen LogP contribution in [-0.4, -0.2) is 106 Å². The molecule has 0 aliphatic rings. The van der Waals surface area contributed by atoms with Gasteiger partial charge in [0, 0.05) is 88.4 Å². The van der Waals surface area contributed by atoms with Gasteiger partial charge in [-0.25, -0.2) is 38.4 Å². The Balaban J connectivity index is 0.000000178. The van der Waals surface area contributed by atoms with Gasteiger partial charge in [-0.15, -0.1) is 34.0 Å². The fourth-order valence-corrected chi connectivity index (χ4v) is 17.3. The minimum Gasteiger partial charge on any atom is -0.478 e. The Morgan fingerprint density at radius 1 is 0.390 bits per heavy atom. The van der Waals surface area contributed by atoms with E-state index in [0.29, 0.717) is 80.3 Å². The van der Waals surface area contributed by atoms with E-state index >= 15 is 0 Å². The monoisotopic (exact) mass is 2020 g/mol. The van der Waals surface area contributed by atoms with E-state index in [-0.39, 0.29) is 102 Å². The fourth-order valence-electron chi connectivity index (χ4n) is 12.8. The highest BCUT2D eigenvalue weighted by atomic mass is 35.5. The Morgan fingerprint density at radius 3 is 1.10 bits per heavy atom. The number of carbonyl (C=O) groups excluding carboxylic acids is 7. The number of amides is 3. The van der Waals surface area contributed by atoms with Crippen molar-refractivity contribution in [1.29, 1.82) is 21.0 Å². The minimum atomic E-state index is -1.17. The Bertz CT molecular complexity index is 8010. The van der Waals surface area contributed by atoms with Crippen LogP contribution in [0.25, 0.3) is 41.2 Å². The number of nitrogens with two attached hydrogens (primary N) is 3. The Morgan fingerprint density at radius 2 is 0.730 bits per heavy atom. The number of aromatic nitrogens is 1. The van der Waals surface area contributed by atoms with Gasteiger partial charge in [0.15, 0.2) is 11.6 Å². The molecule has 4 heterocycles. The molecule has 706 valence electrons. The molecule has 0 bridgehead atoms. The number of carboxylic acid groups (broad SMARTS) is 5. The number of ether oxygens (including phenoxy) is 1. The summed E-state index contributed by atoms with van der Waals surface area (Å²) >= 11 is 28.1. The third-order valence-electron chi connectivity index (χ3n) is 19.3. The molecule has 16 rings (SSSR count). The van der Waals surface area contributed by atoms with Gasteiger partial charge in [-0.1, -0.05) is 114 Å². The Kier molecular flexibility index (Phi) is 35.9. The molecular formula is C102H71Cl4N11O21S3. The van der Waals surface area contributed by atoms with Crippen molar-refractivity contribution in [3.05, 3.63) is 395 Å². The predicted octanol–water partition coefficient (Wildman–Crippen LogP) is 20.9. The fraction of sp³-hybridized carbons (Fsp3) is 0.0588. The number of fused-ring (bicyclic) bond motifs is 4. The van der Waals surface area contributed by atoms with Gasteiger partial charge in [0.05, 0.1) is 121 Å². The van der Waals surface area contributed by atoms with Crippen molar-refractivity contribution in [2.45, 2.75) is 39.2 Å². The van der Waals surface area contributed by atoms with E-state index in [1.54, 1.807) is 106 Å². The summed E-state index contributed by atoms with van der Waals surface area (Å²) < 4.78 is 12.5. The summed E-state index contributed by atoms with van der Waals surface area (Å²) in [4.78, 5) is 168. The number of H-pyrrole nitrogens is 1. The number of ketones is 2. The lowest BCUT2D eigenvalue weighted by atomic mass is 9.97. The zero-order valence-corrected chi connectivity index (χ0v) is 78.7. The van der Waals surface area contributed by atoms with Crippen LogP contribution in [0.15, 0.2) is 275 Å². The first-order chi connectivity index (χ1) is 67.0. The number of halogens is 4. The summed E-state index contributed by atoms with van der Waals surface area (Å²) in [6.07, 6.45) is -0.348. The molecule has 0 atom stereocenters. The van der Waals surface area contributed by atoms with Crippen molar-refractivity contribution in [2.75, 3.05) is 33.2 Å². The van der Waals surface area contributed by atoms with Gasteiger partial charge in [0.2, 0.25) is 0 Å². The minimum absolute atomic E-state index is 0.00975. The number of carbonyl (C=O) groups is 12. The highest BCUT2D eigenvalue weighted by molar-refractivity contribution is 7.23. The molecule has 3 amide bonds. The van der Waals surface area contributed by atoms with Crippen LogP contribution < -0.4 is 44.5 Å². The summed E-state index contributed by atoms with van der Waals surface area (Å²) in [5, 5.41) is 90.7. The number of hydrogen-bond donors (Lipinski definition) is 12. The van der Waals surface area contributed by atoms with Crippen LogP contribution in [0.1, 0.15) is 176 Å². The van der Waals surface area contributed by atoms with Crippen LogP contribution in [0.3, 0.4) is 0 Å². The molecule has 0 spiro atoms. The number of nitrogen functional groups attached to an aromatic ring is 3. The normalized spacial score (nSPS) is 10.3. The van der Waals surface area contributed by atoms with Gasteiger partial charge in [-0.3, -0.25) is 33.8 Å². The molecule has 0 saturated heterocycles. The lowest BCUT2D eigenvalue weighted by Gasteiger charge is -2.20. The van der Waals surface area contributed by atoms with Crippen molar-refractivity contribution in [3.8, 4) is 24.3 Å². The lowest BCUT2D eigenvalue weighted by molar-refractivity contribution is 0.00675. The van der Waals surface area contributed by atoms with Crippen molar-refractivity contribution in [2.24, 2.45) is 0 Å². The first-order valence-corrected chi connectivity index (χ1v) is 44.6. The van der Waals surface area contributed by atoms with Crippen LogP contribution in [0, 0.1) is 45.3 Å². The molecule has 39 heteroatoms. The van der Waals surface area contributed by atoms with E-state index in [1.165, 1.54) is 131 Å². The highest BCUT2D eigenvalue weighted by Crippen LogP contribution is 2.40. The molecule has 0 fully saturated rings. The molecule has 15 N–H and O–H groups in total. The van der Waals surface area contributed by atoms with Crippen molar-refractivity contribution in [3.63, 3.8) is 0 Å². The SMILES string of the molecule is CC(C)(C)OC(=O)c1ccc(C(=O)Nc2cccc(C#N)c2)c(CC(=O)c2sc3ccccc3c2Cl)c1.N#Cc1cccc(N)c1.N#Cc1cccc(NC(=O)c2ccc(C(=O)O)cc2CC(=O)c2sc3ccccc3c2Cl)c1.N#Cc1cccc(NC(=O)c2ccc(C(=O)O)cc2N)c1.Nc1cc(C(=O)O)ccc1C(=O)O.O=C(Cl)c1sc2ccccc2c1Cl.O=C(O)c1ccc2c(=O)oc(=O)[nH]c2c1. The number of nitrogens with one attached hydrogen (secondary N) is 4. The summed E-state index contributed by atoms with van der Waals surface area (Å²) in [7, 11) is 0. The molecule has 0 radical (unpaired) electrons. The summed E-state index contributed by atoms with van der Waals surface area (Å²) in [6, 6.07) is 76.2. The predicted molar refractivity (Wildman–Crippen MR) is 537 cm³/mol. The largest absolute Gasteiger partial charge is 0.478 e. The third-order valence-corrected chi connectivity index (χ3v) is 24.7. The van der Waals surface area contributed by atoms with E-state index in [0.717, 1.165) is 36.3 Å². The molecule has 0 unspecified atom stereocenters. The molecular weight excluding hydrogens is 1950 g/mol. The Labute approximate surface area is 830 Å². The maximum atomic E-state index is 13.4. The zero-order valence-electron chi connectivity index (χ0n) is 73.3. The summed E-state index contributed by atoms with van der Waals surface area (Å²) in [5.74, 6) is -9.25. The van der Waals surface area contributed by atoms with E-state index in [9.17, 15) is 72.2 Å². The van der Waals surface area contributed by atoms with E-state index in [1.807, 2.05) is 97.1 Å². The molecule has 0 aliphatic heterocycles. The van der Waals surface area contributed by atoms with E-state index in [4.69, 9.17) is 110 Å². The maximum Gasteiger partial charge on any atom is 0.419 e. The van der Waals surface area contributed by atoms with Gasteiger partial charge < -0.3 is 67.8 Å². The number of nitriles is 4. The number of thiophene rings is 3. The number of aromatic amines is 1. The number of carboxylic acids is 5. The molecule has 12 aromatic carbocycles. The quantitative estimate of drug-likeness (QED) is 0.0155. The van der Waals surface area contributed by atoms with Crippen LogP contribution in [0.5, 0.6) is 0 Å². The topological polar surface area (TPSA) is 588 Å². The van der Waals surface area contributed by atoms with Gasteiger partial charge in [-0.05, 0) is 225 Å². The second-order valence-electron chi connectivity index (χ2n) is 30.3. The smallest absolute Gasteiger partial charge is 0.419 e. The molecule has 16 aromatic rings. The van der Waals surface area contributed by atoms with Gasteiger partial charge in [0.25, 0.3) is 23.0 Å². The second kappa shape index (κ2) is 48.1. The average Bonchev–Trinajstić information content (AvgIpc) is 0.833. The van der Waals surface area contributed by atoms with E-state index in [2.05, 4.69) is 25.4 Å². The number of nitrogens with zero attached hydrogens (tertiary/aromatic N) is 4. The van der Waals surface area contributed by atoms with Crippen LogP contribution in [0.4, 0.5) is 34.1 Å². The highest BCUT2D eigenvalue weighted by Gasteiger charge is 2.27. The third kappa shape index (κ3) is 28.4. The standard InChI is InChI=1S/C29H23ClN2O4S.C25H15ClN2O4S.C15H11N3O3.C9H4Cl2OS.C9H5NO5.C8H7NO4.C7H6N2/c1-29(2,3)36-28(35)18-11-12-21(27(34)32-20-8-6-7-17(13-20)16-31)19(14-18)15-23(33)26-25(30)22-9-4-5-10-24(22)37-26;26-22-19-6-1-2-7-21(19)33-23(22)20(29)12-16-11-15(25(31)32)8-9-18(16)24(30)28-17-5-3-4-14(10-17)13-27;16-8-9-2-1-3-11(6-9)18-14(19)12-5-4-10(15(20)21)7-13(12)17;10-7-5-3-1-2-4-6(5)13-8(7)9(11)12;11-7(12)4-1-2-5-6(3-4)10-9(14)15-8(5)13;9-6-3-4(7(10)11)1-2-5(6)8(12)13;8-5-6-2-1-3-7(9)4-6/h4-14H,15H2,1-3H3,(H,32,34);1-11H,12H2,(H,28,30)(H,31,32);1-7H,17H2,(H,18,19)(H,20,21);1-4H;1-3H,(H,10,14)(H,11,12);1-3H,9H2,(H,10,11)(H,12,13);1-4H,9H2. The van der Waals surface area contributed by atoms with Crippen molar-refractivity contribution >= 4 is 226 Å². The Hall–Kier alpha value is -17.8. The first-order valence-electron chi connectivity index (χ1n) is 40.7. The van der Waals surface area contributed by atoms with Gasteiger partial charge >= 0.3 is 47.2 Å². The summed E-state index contributed by atoms with van der Waals surface area (Å²) in [5.41, 5.74) is 20.0. The van der Waals surface area contributed by atoms with Crippen LogP contribution >= 0.6 is 80.4 Å². The number of rotatable bonds is 19. The molecule has 0 saturated carbocycles. The maximum absolute atomic E-state index is 13.4. The number of esters is 1. The number of hydrogen-bond acceptors (Lipinski definition) is 26. The van der Waals surface area contributed by atoms with Crippen LogP contribution in [0.2, 0.25) is 15.1 Å². The summed E-state index contributed by atoms with van der Waals surface area (Å²) in [6.45, 7) is 5.28. The van der Waals surface area contributed by atoms with E-state index < -0.39 is 75.8 Å². The number of benzene rings is 12. The van der Waals surface area contributed by atoms with Crippen LogP contribution in [-0.2, 0) is 17.6 Å². The average molecular weight is 2020 g/mol. The van der Waals surface area contributed by atoms with Gasteiger partial charge in [-0.2, -0.15) is 21.0 Å². The number of Topliss-reactive ketones (excluding diaryl/α,β-unsaturated/α-hetero) is 2. The number of aromatic carboxylic acids is 5. The van der Waals surface area contributed by atoms with Gasteiger partial charge in [0.1, 0.15) is 10.5 Å². The van der Waals surface area contributed by atoms with Crippen molar-refractivity contribution < 1.29 is 92.2 Å². The van der Waals surface area contributed by atoms with Crippen molar-refractivity contribution in [1.82, 2.24) is 4.98 Å². The molecule has 141 heavy (non-hydrogen) atoms. The molecule has 4 aromatic heterocycles.